The highest BCUT2D eigenvalue weighted by Crippen LogP contribution is 2.29. The lowest BCUT2D eigenvalue weighted by Gasteiger charge is -2.34. The summed E-state index contributed by atoms with van der Waals surface area (Å²) in [6, 6.07) is 8.63. The fraction of sp³-hybridized carbons (Fsp3) is 0.591. The SMILES string of the molecule is CCN(CC)c1cccc(Nc2nnncc2NC2CCCCC2OC(C)C)c1. The molecule has 158 valence electrons. The molecule has 0 aliphatic heterocycles. The highest BCUT2D eigenvalue weighted by molar-refractivity contribution is 5.71. The van der Waals surface area contributed by atoms with Crippen molar-refractivity contribution in [3.05, 3.63) is 30.5 Å². The number of rotatable bonds is 9. The summed E-state index contributed by atoms with van der Waals surface area (Å²) in [5.74, 6) is 0.686. The standard InChI is InChI=1S/C22H34N6O/c1-5-28(6-2)18-11-9-10-17(14-18)24-22-20(15-23-27-26-22)25-19-12-7-8-13-21(19)29-16(3)4/h9-11,14-16,19,21H,5-8,12-13H2,1-4H3,(H,25,27)(H,23,24,26). The van der Waals surface area contributed by atoms with Gasteiger partial charge in [-0.1, -0.05) is 18.9 Å². The van der Waals surface area contributed by atoms with Crippen LogP contribution in [0.5, 0.6) is 0 Å². The van der Waals surface area contributed by atoms with Crippen LogP contribution < -0.4 is 15.5 Å². The summed E-state index contributed by atoms with van der Waals surface area (Å²) in [6.07, 6.45) is 6.74. The molecule has 7 heteroatoms. The van der Waals surface area contributed by atoms with E-state index in [1.807, 2.05) is 6.07 Å². The van der Waals surface area contributed by atoms with Gasteiger partial charge in [-0.15, -0.1) is 10.2 Å². The second-order valence-corrected chi connectivity index (χ2v) is 7.80. The van der Waals surface area contributed by atoms with Gasteiger partial charge in [0.15, 0.2) is 5.82 Å². The van der Waals surface area contributed by atoms with Crippen molar-refractivity contribution in [2.75, 3.05) is 28.6 Å². The molecule has 1 aliphatic carbocycles. The van der Waals surface area contributed by atoms with Gasteiger partial charge < -0.3 is 20.3 Å². The third kappa shape index (κ3) is 5.79. The molecule has 1 fully saturated rings. The molecule has 1 heterocycles. The van der Waals surface area contributed by atoms with E-state index in [9.17, 15) is 0 Å². The van der Waals surface area contributed by atoms with Crippen molar-refractivity contribution in [1.82, 2.24) is 15.4 Å². The van der Waals surface area contributed by atoms with Crippen molar-refractivity contribution in [3.63, 3.8) is 0 Å². The largest absolute Gasteiger partial charge is 0.375 e. The average Bonchev–Trinajstić information content (AvgIpc) is 2.72. The molecule has 0 radical (unpaired) electrons. The minimum absolute atomic E-state index is 0.204. The molecule has 1 aromatic heterocycles. The summed E-state index contributed by atoms with van der Waals surface area (Å²) >= 11 is 0. The first-order chi connectivity index (χ1) is 14.1. The van der Waals surface area contributed by atoms with E-state index in [1.165, 1.54) is 18.5 Å². The lowest BCUT2D eigenvalue weighted by molar-refractivity contribution is -0.0186. The van der Waals surface area contributed by atoms with Gasteiger partial charge >= 0.3 is 0 Å². The van der Waals surface area contributed by atoms with E-state index in [0.717, 1.165) is 37.3 Å². The van der Waals surface area contributed by atoms with E-state index in [2.05, 4.69) is 76.8 Å². The molecule has 0 spiro atoms. The quantitative estimate of drug-likeness (QED) is 0.639. The molecular weight excluding hydrogens is 364 g/mol. The Morgan fingerprint density at radius 1 is 1.17 bits per heavy atom. The topological polar surface area (TPSA) is 75.2 Å². The predicted octanol–water partition coefficient (Wildman–Crippen LogP) is 4.61. The lowest BCUT2D eigenvalue weighted by atomic mass is 9.92. The minimum atomic E-state index is 0.204. The van der Waals surface area contributed by atoms with E-state index < -0.39 is 0 Å². The van der Waals surface area contributed by atoms with Crippen LogP contribution in [0.4, 0.5) is 22.9 Å². The van der Waals surface area contributed by atoms with Crippen molar-refractivity contribution in [2.24, 2.45) is 0 Å². The van der Waals surface area contributed by atoms with Crippen LogP contribution in [0.15, 0.2) is 30.5 Å². The van der Waals surface area contributed by atoms with E-state index in [0.29, 0.717) is 5.82 Å². The van der Waals surface area contributed by atoms with E-state index in [-0.39, 0.29) is 18.2 Å². The summed E-state index contributed by atoms with van der Waals surface area (Å²) in [5, 5.41) is 19.1. The summed E-state index contributed by atoms with van der Waals surface area (Å²) in [4.78, 5) is 2.32. The Labute approximate surface area is 174 Å². The normalized spacial score (nSPS) is 19.2. The first-order valence-electron chi connectivity index (χ1n) is 10.8. The van der Waals surface area contributed by atoms with Gasteiger partial charge in [0.05, 0.1) is 24.4 Å². The number of nitrogens with one attached hydrogen (secondary N) is 2. The molecule has 1 aromatic carbocycles. The maximum Gasteiger partial charge on any atom is 0.179 e. The van der Waals surface area contributed by atoms with Gasteiger partial charge in [-0.2, -0.15) is 0 Å². The molecule has 1 saturated carbocycles. The molecular formula is C22H34N6O. The lowest BCUT2D eigenvalue weighted by Crippen LogP contribution is -2.40. The number of hydrogen-bond acceptors (Lipinski definition) is 7. The molecule has 2 N–H and O–H groups in total. The molecule has 29 heavy (non-hydrogen) atoms. The van der Waals surface area contributed by atoms with Crippen molar-refractivity contribution >= 4 is 22.9 Å². The van der Waals surface area contributed by atoms with Crippen molar-refractivity contribution < 1.29 is 4.74 Å². The van der Waals surface area contributed by atoms with Crippen molar-refractivity contribution in [3.8, 4) is 0 Å². The van der Waals surface area contributed by atoms with Gasteiger partial charge in [-0.3, -0.25) is 0 Å². The minimum Gasteiger partial charge on any atom is -0.375 e. The molecule has 2 atom stereocenters. The molecule has 0 bridgehead atoms. The summed E-state index contributed by atoms with van der Waals surface area (Å²) in [7, 11) is 0. The Balaban J connectivity index is 1.76. The van der Waals surface area contributed by atoms with Crippen LogP contribution in [0.25, 0.3) is 0 Å². The number of ether oxygens (including phenoxy) is 1. The molecule has 2 unspecified atom stereocenters. The average molecular weight is 399 g/mol. The van der Waals surface area contributed by atoms with Crippen LogP contribution in [-0.2, 0) is 4.74 Å². The third-order valence-corrected chi connectivity index (χ3v) is 5.37. The van der Waals surface area contributed by atoms with Crippen LogP contribution in [0.2, 0.25) is 0 Å². The Morgan fingerprint density at radius 3 is 2.72 bits per heavy atom. The summed E-state index contributed by atoms with van der Waals surface area (Å²) in [5.41, 5.74) is 3.03. The first-order valence-corrected chi connectivity index (χ1v) is 10.8. The van der Waals surface area contributed by atoms with Crippen molar-refractivity contribution in [2.45, 2.75) is 71.6 Å². The number of benzene rings is 1. The van der Waals surface area contributed by atoms with Crippen LogP contribution >= 0.6 is 0 Å². The summed E-state index contributed by atoms with van der Waals surface area (Å²) < 4.78 is 6.16. The number of aromatic nitrogens is 3. The second-order valence-electron chi connectivity index (χ2n) is 7.80. The third-order valence-electron chi connectivity index (χ3n) is 5.37. The van der Waals surface area contributed by atoms with E-state index in [1.54, 1.807) is 6.20 Å². The zero-order chi connectivity index (χ0) is 20.6. The monoisotopic (exact) mass is 398 g/mol. The van der Waals surface area contributed by atoms with Crippen molar-refractivity contribution in [1.29, 1.82) is 0 Å². The molecule has 0 saturated heterocycles. The van der Waals surface area contributed by atoms with E-state index in [4.69, 9.17) is 4.74 Å². The molecule has 1 aliphatic rings. The van der Waals surface area contributed by atoms with Gasteiger partial charge in [0.25, 0.3) is 0 Å². The second kappa shape index (κ2) is 10.4. The molecule has 2 aromatic rings. The van der Waals surface area contributed by atoms with Gasteiger partial charge in [0, 0.05) is 24.5 Å². The van der Waals surface area contributed by atoms with Crippen LogP contribution in [0, 0.1) is 0 Å². The van der Waals surface area contributed by atoms with Crippen LogP contribution in [0.3, 0.4) is 0 Å². The fourth-order valence-corrected chi connectivity index (χ4v) is 3.95. The highest BCUT2D eigenvalue weighted by Gasteiger charge is 2.27. The Kier molecular flexibility index (Phi) is 7.63. The van der Waals surface area contributed by atoms with Gasteiger partial charge in [0.1, 0.15) is 5.69 Å². The maximum absolute atomic E-state index is 6.16. The number of nitrogens with zero attached hydrogens (tertiary/aromatic N) is 4. The zero-order valence-electron chi connectivity index (χ0n) is 18.1. The maximum atomic E-state index is 6.16. The van der Waals surface area contributed by atoms with E-state index >= 15 is 0 Å². The number of hydrogen-bond donors (Lipinski definition) is 2. The predicted molar refractivity (Wildman–Crippen MR) is 119 cm³/mol. The zero-order valence-corrected chi connectivity index (χ0v) is 18.1. The fourth-order valence-electron chi connectivity index (χ4n) is 3.95. The molecule has 3 rings (SSSR count). The molecule has 7 nitrogen and oxygen atoms in total. The Morgan fingerprint density at radius 2 is 1.97 bits per heavy atom. The van der Waals surface area contributed by atoms with Gasteiger partial charge in [-0.25, -0.2) is 0 Å². The number of anilines is 4. The van der Waals surface area contributed by atoms with Gasteiger partial charge in [0.2, 0.25) is 0 Å². The van der Waals surface area contributed by atoms with Crippen LogP contribution in [0.1, 0.15) is 53.4 Å². The van der Waals surface area contributed by atoms with Crippen LogP contribution in [-0.4, -0.2) is 46.8 Å². The Hall–Kier alpha value is -2.41. The summed E-state index contributed by atoms with van der Waals surface area (Å²) in [6.45, 7) is 10.5. The van der Waals surface area contributed by atoms with Gasteiger partial charge in [-0.05, 0) is 63.9 Å². The highest BCUT2D eigenvalue weighted by atomic mass is 16.5. The molecule has 0 amide bonds. The first kappa shape index (κ1) is 21.3. The smallest absolute Gasteiger partial charge is 0.179 e. The Bertz CT molecular complexity index is 764.